The zero-order chi connectivity index (χ0) is 31.0. The molecule has 0 bridgehead atoms. The topological polar surface area (TPSA) is 105 Å². The van der Waals surface area contributed by atoms with Crippen LogP contribution in [0, 0.1) is 22.7 Å². The van der Waals surface area contributed by atoms with Crippen LogP contribution in [0.4, 0.5) is 11.4 Å². The number of hydrogen-bond acceptors (Lipinski definition) is 12. The Morgan fingerprint density at radius 1 is 0.522 bits per heavy atom. The van der Waals surface area contributed by atoms with Gasteiger partial charge in [0.1, 0.15) is 43.4 Å². The van der Waals surface area contributed by atoms with Crippen LogP contribution in [-0.4, -0.2) is 20.1 Å². The second-order valence-electron chi connectivity index (χ2n) is 9.87. The zero-order valence-corrected chi connectivity index (χ0v) is 26.9. The van der Waals surface area contributed by atoms with Gasteiger partial charge in [0.25, 0.3) is 0 Å². The summed E-state index contributed by atoms with van der Waals surface area (Å²) in [7, 11) is 0. The van der Waals surface area contributed by atoms with E-state index in [0.717, 1.165) is 31.8 Å². The number of nitriles is 2. The molecule has 0 N–H and O–H groups in total. The van der Waals surface area contributed by atoms with Gasteiger partial charge in [-0.25, -0.2) is 20.0 Å². The van der Waals surface area contributed by atoms with Gasteiger partial charge >= 0.3 is 0 Å². The van der Waals surface area contributed by atoms with Crippen LogP contribution >= 0.6 is 46.2 Å². The van der Waals surface area contributed by atoms with Crippen LogP contribution in [0.25, 0.3) is 31.6 Å². The third-order valence-electron chi connectivity index (χ3n) is 7.00. The molecule has 46 heavy (non-hydrogen) atoms. The van der Waals surface area contributed by atoms with Crippen LogP contribution in [0.15, 0.2) is 129 Å². The molecule has 8 nitrogen and oxygen atoms in total. The van der Waals surface area contributed by atoms with Crippen LogP contribution in [0.1, 0.15) is 10.0 Å². The minimum Gasteiger partial charge on any atom is -0.235 e. The molecule has 0 atom stereocenters. The van der Waals surface area contributed by atoms with E-state index < -0.39 is 0 Å². The number of thiazole rings is 2. The molecular weight excluding hydrogens is 649 g/mol. The fourth-order valence-electron chi connectivity index (χ4n) is 4.89. The first-order valence-electron chi connectivity index (χ1n) is 13.9. The predicted molar refractivity (Wildman–Crippen MR) is 192 cm³/mol. The first-order valence-corrected chi connectivity index (χ1v) is 17.2. The van der Waals surface area contributed by atoms with E-state index in [-0.39, 0.29) is 0 Å². The van der Waals surface area contributed by atoms with Gasteiger partial charge < -0.3 is 0 Å². The maximum Gasteiger partial charge on any atom is 0.158 e. The van der Waals surface area contributed by atoms with Crippen molar-refractivity contribution in [1.29, 1.82) is 10.5 Å². The van der Waals surface area contributed by atoms with E-state index >= 15 is 0 Å². The molecule has 0 amide bonds. The Morgan fingerprint density at radius 3 is 1.30 bits per heavy atom. The molecule has 218 valence electrons. The van der Waals surface area contributed by atoms with E-state index in [9.17, 15) is 10.5 Å². The molecule has 4 heterocycles. The fourth-order valence-corrected chi connectivity index (χ4v) is 9.01. The zero-order valence-electron chi connectivity index (χ0n) is 23.6. The van der Waals surface area contributed by atoms with Crippen molar-refractivity contribution < 1.29 is 0 Å². The van der Waals surface area contributed by atoms with Crippen LogP contribution < -0.4 is 10.0 Å². The number of nitrogens with zero attached hydrogens (tertiary/aromatic N) is 8. The highest BCUT2D eigenvalue weighted by Gasteiger charge is 2.37. The predicted octanol–water partition coefficient (Wildman–Crippen LogP) is 9.12. The quantitative estimate of drug-likeness (QED) is 0.168. The molecule has 0 saturated heterocycles. The third kappa shape index (κ3) is 5.04. The number of hydrazone groups is 2. The Kier molecular flexibility index (Phi) is 7.33. The van der Waals surface area contributed by atoms with Gasteiger partial charge in [0.15, 0.2) is 10.1 Å². The SMILES string of the molecule is N#C/C(=C1/SC(C2=NN(c3ccccc3)/C(=C(\C#N)c3nc4ccccc4s3)S2)=NN1c1ccccc1)c1nc2ccccc2s1. The highest BCUT2D eigenvalue weighted by Crippen LogP contribution is 2.46. The second-order valence-corrected chi connectivity index (χ2v) is 13.9. The standard InChI is InChI=1S/C34H18N8S4/c35-19-23(29-37-25-15-7-9-17-27(25)43-29)33-41(21-11-3-1-4-12-21)39-31(45-33)32-40-42(22-13-5-2-6-14-22)34(46-32)24(20-36)30-38-26-16-8-10-18-28(26)44-30/h1-18H/b33-23-,34-24-. The van der Waals surface area contributed by atoms with E-state index in [4.69, 9.17) is 20.2 Å². The van der Waals surface area contributed by atoms with Gasteiger partial charge in [0.05, 0.1) is 31.8 Å². The summed E-state index contributed by atoms with van der Waals surface area (Å²) < 4.78 is 2.01. The summed E-state index contributed by atoms with van der Waals surface area (Å²) in [4.78, 5) is 9.57. The number of anilines is 2. The third-order valence-corrected chi connectivity index (χ3v) is 11.3. The maximum atomic E-state index is 10.5. The first kappa shape index (κ1) is 28.2. The largest absolute Gasteiger partial charge is 0.235 e. The Bertz CT molecular complexity index is 2130. The number of fused-ring (bicyclic) bond motifs is 2. The van der Waals surface area contributed by atoms with Crippen LogP contribution in [-0.2, 0) is 0 Å². The molecule has 6 aromatic rings. The van der Waals surface area contributed by atoms with Crippen molar-refractivity contribution in [2.24, 2.45) is 10.2 Å². The van der Waals surface area contributed by atoms with Crippen molar-refractivity contribution >= 4 is 99.2 Å². The van der Waals surface area contributed by atoms with Crippen molar-refractivity contribution in [2.45, 2.75) is 0 Å². The van der Waals surface area contributed by atoms with Crippen molar-refractivity contribution in [3.8, 4) is 12.1 Å². The molecule has 12 heteroatoms. The summed E-state index contributed by atoms with van der Waals surface area (Å²) in [6.07, 6.45) is 0. The van der Waals surface area contributed by atoms with Crippen LogP contribution in [0.2, 0.25) is 0 Å². The number of para-hydroxylation sites is 4. The molecule has 8 rings (SSSR count). The number of benzene rings is 4. The molecule has 0 aliphatic carbocycles. The Hall–Kier alpha value is -5.24. The molecule has 0 unspecified atom stereocenters. The van der Waals surface area contributed by atoms with Gasteiger partial charge in [0.2, 0.25) is 0 Å². The molecule has 0 fully saturated rings. The molecule has 0 spiro atoms. The Morgan fingerprint density at radius 2 is 0.913 bits per heavy atom. The molecule has 2 aliphatic heterocycles. The van der Waals surface area contributed by atoms with Crippen LogP contribution in [0.5, 0.6) is 0 Å². The monoisotopic (exact) mass is 666 g/mol. The van der Waals surface area contributed by atoms with E-state index in [1.54, 1.807) is 10.0 Å². The molecular formula is C34H18N8S4. The highest BCUT2D eigenvalue weighted by molar-refractivity contribution is 8.28. The minimum absolute atomic E-state index is 0.431. The lowest BCUT2D eigenvalue weighted by molar-refractivity contribution is 1.07. The minimum atomic E-state index is 0.431. The summed E-state index contributed by atoms with van der Waals surface area (Å²) in [5.74, 6) is 0. The Labute approximate surface area is 279 Å². The van der Waals surface area contributed by atoms with Gasteiger partial charge in [-0.3, -0.25) is 0 Å². The van der Waals surface area contributed by atoms with Gasteiger partial charge in [-0.2, -0.15) is 20.7 Å². The normalized spacial score (nSPS) is 16.7. The lowest BCUT2D eigenvalue weighted by atomic mass is 10.3. The highest BCUT2D eigenvalue weighted by atomic mass is 32.2. The van der Waals surface area contributed by atoms with E-state index in [1.165, 1.54) is 46.2 Å². The number of allylic oxidation sites excluding steroid dienone is 2. The lowest BCUT2D eigenvalue weighted by Gasteiger charge is -2.16. The first-order chi connectivity index (χ1) is 22.7. The fraction of sp³-hybridized carbons (Fsp3) is 0. The average molecular weight is 667 g/mol. The number of aromatic nitrogens is 2. The summed E-state index contributed by atoms with van der Waals surface area (Å²) in [5, 5.41) is 38.3. The van der Waals surface area contributed by atoms with Crippen molar-refractivity contribution in [1.82, 2.24) is 9.97 Å². The van der Waals surface area contributed by atoms with Crippen molar-refractivity contribution in [3.05, 3.63) is 129 Å². The van der Waals surface area contributed by atoms with Crippen molar-refractivity contribution in [2.75, 3.05) is 10.0 Å². The van der Waals surface area contributed by atoms with Gasteiger partial charge in [-0.15, -0.1) is 22.7 Å². The van der Waals surface area contributed by atoms with Gasteiger partial charge in [-0.05, 0) is 72.1 Å². The summed E-state index contributed by atoms with van der Waals surface area (Å²) in [6, 6.07) is 40.0. The summed E-state index contributed by atoms with van der Waals surface area (Å²) >= 11 is 5.69. The van der Waals surface area contributed by atoms with Gasteiger partial charge in [0, 0.05) is 0 Å². The van der Waals surface area contributed by atoms with E-state index in [2.05, 4.69) is 12.1 Å². The Balaban J connectivity index is 1.25. The lowest BCUT2D eigenvalue weighted by Crippen LogP contribution is -2.11. The number of rotatable bonds is 5. The molecule has 4 aromatic carbocycles. The molecule has 0 radical (unpaired) electrons. The van der Waals surface area contributed by atoms with E-state index in [1.807, 2.05) is 109 Å². The smallest absolute Gasteiger partial charge is 0.158 e. The summed E-state index contributed by atoms with van der Waals surface area (Å²) in [6.45, 7) is 0. The van der Waals surface area contributed by atoms with E-state index in [0.29, 0.717) is 41.3 Å². The van der Waals surface area contributed by atoms with Gasteiger partial charge in [-0.1, -0.05) is 60.7 Å². The average Bonchev–Trinajstić information content (AvgIpc) is 3.91. The molecule has 2 aliphatic rings. The number of hydrogen-bond donors (Lipinski definition) is 0. The maximum absolute atomic E-state index is 10.5. The molecule has 2 aromatic heterocycles. The second kappa shape index (κ2) is 11.9. The van der Waals surface area contributed by atoms with Crippen molar-refractivity contribution in [3.63, 3.8) is 0 Å². The van der Waals surface area contributed by atoms with Crippen LogP contribution in [0.3, 0.4) is 0 Å². The summed E-state index contributed by atoms with van der Waals surface area (Å²) in [5.41, 5.74) is 4.16. The number of thioether (sulfide) groups is 2. The molecule has 0 saturated carbocycles.